The van der Waals surface area contributed by atoms with Crippen molar-refractivity contribution in [2.24, 2.45) is 4.99 Å². The van der Waals surface area contributed by atoms with Crippen LogP contribution in [0.3, 0.4) is 0 Å². The number of hydrogen-bond donors (Lipinski definition) is 2. The van der Waals surface area contributed by atoms with E-state index in [1.807, 2.05) is 0 Å². The molecule has 0 aromatic heterocycles. The van der Waals surface area contributed by atoms with Crippen LogP contribution < -0.4 is 10.6 Å². The third kappa shape index (κ3) is 3.73. The van der Waals surface area contributed by atoms with Crippen molar-refractivity contribution in [3.05, 3.63) is 35.9 Å². The molecule has 0 bridgehead atoms. The summed E-state index contributed by atoms with van der Waals surface area (Å²) in [6.07, 6.45) is 2.49. The summed E-state index contributed by atoms with van der Waals surface area (Å²) in [6, 6.07) is 11.0. The molecule has 1 fully saturated rings. The Kier molecular flexibility index (Phi) is 5.01. The number of aliphatic imine (C=N–C) groups is 1. The van der Waals surface area contributed by atoms with Crippen LogP contribution in [0.1, 0.15) is 25.3 Å². The third-order valence-electron chi connectivity index (χ3n) is 3.86. The molecule has 1 aromatic carbocycles. The fraction of sp³-hybridized carbons (Fsp3) is 0.562. The van der Waals surface area contributed by atoms with Crippen LogP contribution in [0.5, 0.6) is 0 Å². The molecule has 1 unspecified atom stereocenters. The highest BCUT2D eigenvalue weighted by atomic mass is 16.5. The summed E-state index contributed by atoms with van der Waals surface area (Å²) < 4.78 is 5.13. The van der Waals surface area contributed by atoms with Gasteiger partial charge in [-0.2, -0.15) is 0 Å². The van der Waals surface area contributed by atoms with E-state index in [1.54, 1.807) is 14.2 Å². The lowest BCUT2D eigenvalue weighted by molar-refractivity contribution is 0.179. The first kappa shape index (κ1) is 14.9. The summed E-state index contributed by atoms with van der Waals surface area (Å²) in [5.41, 5.74) is 1.72. The zero-order valence-corrected chi connectivity index (χ0v) is 12.6. The molecule has 0 spiro atoms. The standard InChI is InChI=1S/C16H25N3O/c1-13(11-20-3)19-15(17-2)18-12-16(9-10-16)14-7-5-4-6-8-14/h4-8,13H,9-12H2,1-3H3,(H2,17,18,19). The largest absolute Gasteiger partial charge is 0.383 e. The van der Waals surface area contributed by atoms with E-state index in [9.17, 15) is 0 Å². The van der Waals surface area contributed by atoms with Gasteiger partial charge in [0.2, 0.25) is 0 Å². The van der Waals surface area contributed by atoms with Crippen LogP contribution in [0, 0.1) is 0 Å². The van der Waals surface area contributed by atoms with Gasteiger partial charge < -0.3 is 15.4 Å². The minimum Gasteiger partial charge on any atom is -0.383 e. The summed E-state index contributed by atoms with van der Waals surface area (Å²) in [7, 11) is 3.51. The topological polar surface area (TPSA) is 45.7 Å². The highest BCUT2D eigenvalue weighted by Crippen LogP contribution is 2.47. The van der Waals surface area contributed by atoms with Crippen molar-refractivity contribution < 1.29 is 4.74 Å². The van der Waals surface area contributed by atoms with Gasteiger partial charge in [-0.15, -0.1) is 0 Å². The van der Waals surface area contributed by atoms with Crippen molar-refractivity contribution in [1.29, 1.82) is 0 Å². The van der Waals surface area contributed by atoms with Gasteiger partial charge in [0.15, 0.2) is 5.96 Å². The predicted molar refractivity (Wildman–Crippen MR) is 83.2 cm³/mol. The van der Waals surface area contributed by atoms with Gasteiger partial charge >= 0.3 is 0 Å². The Bertz CT molecular complexity index is 440. The van der Waals surface area contributed by atoms with Gasteiger partial charge in [-0.3, -0.25) is 4.99 Å². The van der Waals surface area contributed by atoms with Gasteiger partial charge in [-0.25, -0.2) is 0 Å². The lowest BCUT2D eigenvalue weighted by Gasteiger charge is -2.21. The second-order valence-electron chi connectivity index (χ2n) is 5.57. The Hall–Kier alpha value is -1.55. The average molecular weight is 275 g/mol. The van der Waals surface area contributed by atoms with Crippen LogP contribution in [0.15, 0.2) is 35.3 Å². The van der Waals surface area contributed by atoms with Crippen LogP contribution in [0.4, 0.5) is 0 Å². The quantitative estimate of drug-likeness (QED) is 0.616. The molecule has 2 N–H and O–H groups in total. The van der Waals surface area contributed by atoms with E-state index >= 15 is 0 Å². The second kappa shape index (κ2) is 6.75. The Balaban J connectivity index is 1.88. The maximum absolute atomic E-state index is 5.13. The van der Waals surface area contributed by atoms with Crippen LogP contribution in [-0.2, 0) is 10.2 Å². The van der Waals surface area contributed by atoms with Gasteiger partial charge in [-0.05, 0) is 25.3 Å². The van der Waals surface area contributed by atoms with Crippen LogP contribution in [0.25, 0.3) is 0 Å². The molecule has 1 aliphatic carbocycles. The molecule has 4 heteroatoms. The molecule has 0 heterocycles. The van der Waals surface area contributed by atoms with Crippen molar-refractivity contribution in [3.63, 3.8) is 0 Å². The summed E-state index contributed by atoms with van der Waals surface area (Å²) in [5.74, 6) is 0.844. The van der Waals surface area contributed by atoms with E-state index in [4.69, 9.17) is 4.74 Å². The number of methoxy groups -OCH3 is 1. The maximum atomic E-state index is 5.13. The van der Waals surface area contributed by atoms with Crippen LogP contribution >= 0.6 is 0 Å². The van der Waals surface area contributed by atoms with Gasteiger partial charge in [-0.1, -0.05) is 30.3 Å². The number of nitrogens with one attached hydrogen (secondary N) is 2. The fourth-order valence-corrected chi connectivity index (χ4v) is 2.48. The molecule has 0 amide bonds. The normalized spacial score (nSPS) is 18.4. The van der Waals surface area contributed by atoms with E-state index in [0.717, 1.165) is 12.5 Å². The zero-order valence-electron chi connectivity index (χ0n) is 12.6. The maximum Gasteiger partial charge on any atom is 0.191 e. The Morgan fingerprint density at radius 1 is 1.35 bits per heavy atom. The molecule has 0 aliphatic heterocycles. The van der Waals surface area contributed by atoms with Gasteiger partial charge in [0, 0.05) is 32.2 Å². The Labute approximate surface area is 121 Å². The highest BCUT2D eigenvalue weighted by Gasteiger charge is 2.43. The molecule has 1 aliphatic rings. The van der Waals surface area contributed by atoms with Crippen LogP contribution in [0.2, 0.25) is 0 Å². The number of ether oxygens (including phenoxy) is 1. The molecule has 1 saturated carbocycles. The Morgan fingerprint density at radius 2 is 2.05 bits per heavy atom. The van der Waals surface area contributed by atoms with E-state index in [2.05, 4.69) is 52.9 Å². The van der Waals surface area contributed by atoms with Crippen molar-refractivity contribution in [2.45, 2.75) is 31.2 Å². The predicted octanol–water partition coefficient (Wildman–Crippen LogP) is 1.92. The highest BCUT2D eigenvalue weighted by molar-refractivity contribution is 5.80. The van der Waals surface area contributed by atoms with Crippen molar-refractivity contribution >= 4 is 5.96 Å². The first-order chi connectivity index (χ1) is 9.70. The molecule has 1 atom stereocenters. The minimum absolute atomic E-state index is 0.248. The molecular formula is C16H25N3O. The monoisotopic (exact) mass is 275 g/mol. The second-order valence-corrected chi connectivity index (χ2v) is 5.57. The van der Waals surface area contributed by atoms with Crippen molar-refractivity contribution in [1.82, 2.24) is 10.6 Å². The molecule has 0 radical (unpaired) electrons. The number of benzene rings is 1. The van der Waals surface area contributed by atoms with Gasteiger partial charge in [0.1, 0.15) is 0 Å². The molecular weight excluding hydrogens is 250 g/mol. The smallest absolute Gasteiger partial charge is 0.191 e. The summed E-state index contributed by atoms with van der Waals surface area (Å²) in [5, 5.41) is 6.78. The number of hydrogen-bond acceptors (Lipinski definition) is 2. The first-order valence-electron chi connectivity index (χ1n) is 7.22. The molecule has 110 valence electrons. The van der Waals surface area contributed by atoms with E-state index in [0.29, 0.717) is 12.0 Å². The summed E-state index contributed by atoms with van der Waals surface area (Å²) in [6.45, 7) is 3.68. The van der Waals surface area contributed by atoms with Gasteiger partial charge in [0.25, 0.3) is 0 Å². The van der Waals surface area contributed by atoms with Crippen molar-refractivity contribution in [3.8, 4) is 0 Å². The summed E-state index contributed by atoms with van der Waals surface area (Å²) in [4.78, 5) is 4.27. The lowest BCUT2D eigenvalue weighted by Crippen LogP contribution is -2.46. The molecule has 20 heavy (non-hydrogen) atoms. The van der Waals surface area contributed by atoms with E-state index in [-0.39, 0.29) is 6.04 Å². The molecule has 2 rings (SSSR count). The van der Waals surface area contributed by atoms with Crippen LogP contribution in [-0.4, -0.2) is 39.3 Å². The summed E-state index contributed by atoms with van der Waals surface area (Å²) >= 11 is 0. The average Bonchev–Trinajstić information content (AvgIpc) is 3.26. The van der Waals surface area contributed by atoms with Gasteiger partial charge in [0.05, 0.1) is 6.61 Å². The number of nitrogens with zero attached hydrogens (tertiary/aromatic N) is 1. The molecule has 0 saturated heterocycles. The number of guanidine groups is 1. The number of rotatable bonds is 6. The van der Waals surface area contributed by atoms with E-state index < -0.39 is 0 Å². The lowest BCUT2D eigenvalue weighted by atomic mass is 9.96. The molecule has 4 nitrogen and oxygen atoms in total. The molecule has 1 aromatic rings. The van der Waals surface area contributed by atoms with Crippen molar-refractivity contribution in [2.75, 3.05) is 27.3 Å². The minimum atomic E-state index is 0.248. The third-order valence-corrected chi connectivity index (χ3v) is 3.86. The first-order valence-corrected chi connectivity index (χ1v) is 7.22. The zero-order chi connectivity index (χ0) is 14.4. The SMILES string of the molecule is CN=C(NCC1(c2ccccc2)CC1)NC(C)COC. The fourth-order valence-electron chi connectivity index (χ4n) is 2.48. The van der Waals surface area contributed by atoms with E-state index in [1.165, 1.54) is 18.4 Å². The Morgan fingerprint density at radius 3 is 2.60 bits per heavy atom.